The molecule has 1 fully saturated rings. The molecule has 0 aromatic heterocycles. The predicted molar refractivity (Wildman–Crippen MR) is 143 cm³/mol. The van der Waals surface area contributed by atoms with Gasteiger partial charge in [-0.2, -0.15) is 0 Å². The fraction of sp³-hybridized carbons (Fsp3) is 0.533. The molecule has 35 heavy (non-hydrogen) atoms. The molecule has 190 valence electrons. The highest BCUT2D eigenvalue weighted by molar-refractivity contribution is 6.01. The number of nitrogens with zero attached hydrogens (tertiary/aromatic N) is 1. The van der Waals surface area contributed by atoms with Gasteiger partial charge in [0.2, 0.25) is 0 Å². The van der Waals surface area contributed by atoms with E-state index in [2.05, 4.69) is 12.1 Å². The number of carbonyl (C=O) groups is 1. The lowest BCUT2D eigenvalue weighted by Crippen LogP contribution is -2.33. The minimum atomic E-state index is -0.299. The molecular weight excluding hydrogens is 436 g/mol. The third-order valence-corrected chi connectivity index (χ3v) is 7.09. The standard InChI is InChI=1S/C30H42N2O3/c1-29(2,3)24-16-22(17-25(27(24)34)30(4,5)6)26(33)19-32-18-21(13-14-35-7)23(28(32)31)15-20-11-9-8-10-12-20/h8-12,16-17,21,23,31,34H,13-15,18-19H2,1-7H3/t21-,23+/m0/s1. The van der Waals surface area contributed by atoms with E-state index in [0.29, 0.717) is 24.6 Å². The van der Waals surface area contributed by atoms with E-state index < -0.39 is 0 Å². The van der Waals surface area contributed by atoms with Crippen LogP contribution in [0.5, 0.6) is 5.75 Å². The van der Waals surface area contributed by atoms with Gasteiger partial charge in [0, 0.05) is 42.9 Å². The molecular formula is C30H42N2O3. The Bertz CT molecular complexity index is 1010. The number of rotatable bonds is 8. The van der Waals surface area contributed by atoms with Crippen LogP contribution in [0, 0.1) is 17.2 Å². The lowest BCUT2D eigenvalue weighted by atomic mass is 9.78. The highest BCUT2D eigenvalue weighted by atomic mass is 16.5. The fourth-order valence-corrected chi connectivity index (χ4v) is 5.01. The largest absolute Gasteiger partial charge is 0.507 e. The number of ether oxygens (including phenoxy) is 1. The van der Waals surface area contributed by atoms with Crippen LogP contribution >= 0.6 is 0 Å². The number of carbonyl (C=O) groups excluding carboxylic acids is 1. The Morgan fingerprint density at radius 1 is 1.06 bits per heavy atom. The Balaban J connectivity index is 1.87. The number of nitrogens with one attached hydrogen (secondary N) is 1. The van der Waals surface area contributed by atoms with Crippen LogP contribution in [0.2, 0.25) is 0 Å². The molecule has 0 amide bonds. The quantitative estimate of drug-likeness (QED) is 0.458. The maximum Gasteiger partial charge on any atom is 0.182 e. The first-order valence-corrected chi connectivity index (χ1v) is 12.6. The number of hydrogen-bond acceptors (Lipinski definition) is 4. The number of benzene rings is 2. The second-order valence-electron chi connectivity index (χ2n) is 11.9. The minimum absolute atomic E-state index is 0.0170. The number of phenolic OH excluding ortho intramolecular Hbond substituents is 1. The van der Waals surface area contributed by atoms with Crippen molar-refractivity contribution in [3.63, 3.8) is 0 Å². The van der Waals surface area contributed by atoms with Gasteiger partial charge in [0.25, 0.3) is 0 Å². The summed E-state index contributed by atoms with van der Waals surface area (Å²) in [6, 6.07) is 14.0. The number of hydrogen-bond donors (Lipinski definition) is 2. The van der Waals surface area contributed by atoms with Crippen molar-refractivity contribution in [2.45, 2.75) is 65.2 Å². The van der Waals surface area contributed by atoms with Gasteiger partial charge in [0.05, 0.1) is 6.54 Å². The highest BCUT2D eigenvalue weighted by Gasteiger charge is 2.38. The van der Waals surface area contributed by atoms with Gasteiger partial charge < -0.3 is 14.7 Å². The lowest BCUT2D eigenvalue weighted by Gasteiger charge is -2.28. The lowest BCUT2D eigenvalue weighted by molar-refractivity contribution is 0.0961. The average Bonchev–Trinajstić information content (AvgIpc) is 3.05. The molecule has 2 aromatic carbocycles. The van der Waals surface area contributed by atoms with Gasteiger partial charge in [-0.25, -0.2) is 0 Å². The van der Waals surface area contributed by atoms with E-state index in [1.807, 2.05) is 76.8 Å². The molecule has 0 unspecified atom stereocenters. The molecule has 1 saturated heterocycles. The van der Waals surface area contributed by atoms with Gasteiger partial charge >= 0.3 is 0 Å². The third-order valence-electron chi connectivity index (χ3n) is 7.09. The van der Waals surface area contributed by atoms with E-state index >= 15 is 0 Å². The van der Waals surface area contributed by atoms with Crippen molar-refractivity contribution < 1.29 is 14.6 Å². The van der Waals surface area contributed by atoms with Gasteiger partial charge in [0.1, 0.15) is 11.6 Å². The summed E-state index contributed by atoms with van der Waals surface area (Å²) >= 11 is 0. The zero-order valence-corrected chi connectivity index (χ0v) is 22.4. The van der Waals surface area contributed by atoms with Crippen LogP contribution in [0.4, 0.5) is 0 Å². The van der Waals surface area contributed by atoms with Crippen molar-refractivity contribution in [3.8, 4) is 5.75 Å². The number of ketones is 1. The number of phenols is 1. The first-order chi connectivity index (χ1) is 16.3. The van der Waals surface area contributed by atoms with Gasteiger partial charge in [0.15, 0.2) is 5.78 Å². The predicted octanol–water partition coefficient (Wildman–Crippen LogP) is 5.97. The first-order valence-electron chi connectivity index (χ1n) is 12.6. The van der Waals surface area contributed by atoms with Crippen LogP contribution in [0.25, 0.3) is 0 Å². The summed E-state index contributed by atoms with van der Waals surface area (Å²) in [7, 11) is 1.71. The van der Waals surface area contributed by atoms with E-state index in [9.17, 15) is 9.90 Å². The van der Waals surface area contributed by atoms with Crippen LogP contribution < -0.4 is 0 Å². The SMILES string of the molecule is COCC[C@H]1CN(CC(=O)c2cc(C(C)(C)C)c(O)c(C(C)(C)C)c2)C(=N)[C@@H]1Cc1ccccc1. The van der Waals surface area contributed by atoms with Crippen molar-refractivity contribution in [1.82, 2.24) is 4.90 Å². The summed E-state index contributed by atoms with van der Waals surface area (Å²) in [5.74, 6) is 1.13. The number of likely N-dealkylation sites (tertiary alicyclic amines) is 1. The van der Waals surface area contributed by atoms with E-state index in [4.69, 9.17) is 10.1 Å². The summed E-state index contributed by atoms with van der Waals surface area (Å²) in [5, 5.41) is 20.0. The number of amidine groups is 1. The summed E-state index contributed by atoms with van der Waals surface area (Å²) < 4.78 is 5.34. The topological polar surface area (TPSA) is 73.6 Å². The third kappa shape index (κ3) is 6.32. The molecule has 1 aliphatic rings. The number of aromatic hydroxyl groups is 1. The monoisotopic (exact) mass is 478 g/mol. The highest BCUT2D eigenvalue weighted by Crippen LogP contribution is 2.40. The normalized spacial score (nSPS) is 18.8. The average molecular weight is 479 g/mol. The molecule has 0 radical (unpaired) electrons. The van der Waals surface area contributed by atoms with E-state index in [1.54, 1.807) is 7.11 Å². The van der Waals surface area contributed by atoms with Gasteiger partial charge in [-0.3, -0.25) is 10.2 Å². The minimum Gasteiger partial charge on any atom is -0.507 e. The van der Waals surface area contributed by atoms with Crippen molar-refractivity contribution in [2.24, 2.45) is 11.8 Å². The van der Waals surface area contributed by atoms with Crippen LogP contribution in [0.3, 0.4) is 0 Å². The summed E-state index contributed by atoms with van der Waals surface area (Å²) in [6.07, 6.45) is 1.66. The van der Waals surface area contributed by atoms with Crippen molar-refractivity contribution in [1.29, 1.82) is 5.41 Å². The molecule has 0 aliphatic carbocycles. The molecule has 5 heteroatoms. The molecule has 3 rings (SSSR count). The van der Waals surface area contributed by atoms with Crippen molar-refractivity contribution in [2.75, 3.05) is 26.8 Å². The Morgan fingerprint density at radius 2 is 1.63 bits per heavy atom. The fourth-order valence-electron chi connectivity index (χ4n) is 5.01. The molecule has 2 aromatic rings. The summed E-state index contributed by atoms with van der Waals surface area (Å²) in [6.45, 7) is 13.8. The Morgan fingerprint density at radius 3 is 2.14 bits per heavy atom. The summed E-state index contributed by atoms with van der Waals surface area (Å²) in [5.41, 5.74) is 2.78. The van der Waals surface area contributed by atoms with E-state index in [0.717, 1.165) is 24.0 Å². The summed E-state index contributed by atoms with van der Waals surface area (Å²) in [4.78, 5) is 15.5. The van der Waals surface area contributed by atoms with E-state index in [1.165, 1.54) is 5.56 Å². The zero-order valence-electron chi connectivity index (χ0n) is 22.4. The van der Waals surface area contributed by atoms with Crippen molar-refractivity contribution >= 4 is 11.6 Å². The Hall–Kier alpha value is -2.66. The van der Waals surface area contributed by atoms with Crippen molar-refractivity contribution in [3.05, 3.63) is 64.7 Å². The maximum absolute atomic E-state index is 13.6. The number of methoxy groups -OCH3 is 1. The molecule has 1 heterocycles. The zero-order chi connectivity index (χ0) is 26.0. The first kappa shape index (κ1) is 26.9. The van der Waals surface area contributed by atoms with Crippen LogP contribution in [-0.4, -0.2) is 48.4 Å². The van der Waals surface area contributed by atoms with Crippen LogP contribution in [-0.2, 0) is 22.0 Å². The smallest absolute Gasteiger partial charge is 0.182 e. The maximum atomic E-state index is 13.6. The molecule has 2 N–H and O–H groups in total. The van der Waals surface area contributed by atoms with Crippen LogP contribution in [0.1, 0.15) is 75.0 Å². The molecule has 5 nitrogen and oxygen atoms in total. The molecule has 0 spiro atoms. The van der Waals surface area contributed by atoms with Gasteiger partial charge in [-0.1, -0.05) is 71.9 Å². The van der Waals surface area contributed by atoms with Gasteiger partial charge in [-0.15, -0.1) is 0 Å². The second-order valence-corrected chi connectivity index (χ2v) is 11.9. The molecule has 1 aliphatic heterocycles. The second kappa shape index (κ2) is 10.5. The van der Waals surface area contributed by atoms with Gasteiger partial charge in [-0.05, 0) is 47.3 Å². The number of Topliss-reactive ketones (excluding diaryl/α,β-unsaturated/α-hetero) is 1. The molecule has 0 bridgehead atoms. The van der Waals surface area contributed by atoms with E-state index in [-0.39, 0.29) is 40.7 Å². The molecule has 0 saturated carbocycles. The van der Waals surface area contributed by atoms with Crippen LogP contribution in [0.15, 0.2) is 42.5 Å². The Kier molecular flexibility index (Phi) is 8.10. The Labute approximate surface area is 211 Å². The molecule has 2 atom stereocenters.